The number of aliphatic carboxylic acids is 1. The first-order valence-corrected chi connectivity index (χ1v) is 32.1. The second kappa shape index (κ2) is 58.9. The van der Waals surface area contributed by atoms with Gasteiger partial charge in [0.1, 0.15) is 13.2 Å². The van der Waals surface area contributed by atoms with Gasteiger partial charge >= 0.3 is 17.9 Å². The maximum atomic E-state index is 12.9. The predicted octanol–water partition coefficient (Wildman–Crippen LogP) is 19.4. The molecule has 0 aromatic rings. The molecule has 446 valence electrons. The highest BCUT2D eigenvalue weighted by Gasteiger charge is 2.25. The molecule has 0 aliphatic heterocycles. The summed E-state index contributed by atoms with van der Waals surface area (Å²) in [6.45, 7) is 4.80. The van der Waals surface area contributed by atoms with Crippen LogP contribution < -0.4 is 0 Å². The number of rotatable bonds is 59. The van der Waals surface area contributed by atoms with Crippen LogP contribution in [0.15, 0.2) is 72.9 Å². The highest BCUT2D eigenvalue weighted by molar-refractivity contribution is 5.71. The molecule has 0 bridgehead atoms. The number of carboxylic acids is 1. The smallest absolute Gasteiger partial charge is 0.361 e. The molecule has 1 N–H and O–H groups in total. The van der Waals surface area contributed by atoms with E-state index in [4.69, 9.17) is 18.9 Å². The van der Waals surface area contributed by atoms with Gasteiger partial charge in [0.05, 0.1) is 34.4 Å². The first kappa shape index (κ1) is 73.7. The zero-order valence-electron chi connectivity index (χ0n) is 50.9. The third-order valence-corrected chi connectivity index (χ3v) is 14.0. The number of ether oxygens (including phenoxy) is 4. The molecule has 0 heterocycles. The molecule has 2 atom stereocenters. The van der Waals surface area contributed by atoms with Crippen molar-refractivity contribution in [2.24, 2.45) is 0 Å². The molecule has 0 amide bonds. The average molecular weight is 1080 g/mol. The minimum Gasteiger partial charge on any atom is -0.477 e. The number of unbranched alkanes of at least 4 members (excludes halogenated alkanes) is 32. The number of hydrogen-bond donors (Lipinski definition) is 1. The number of esters is 2. The van der Waals surface area contributed by atoms with Crippen LogP contribution in [-0.2, 0) is 33.3 Å². The number of hydrogen-bond acceptors (Lipinski definition) is 7. The van der Waals surface area contributed by atoms with Crippen LogP contribution in [0.25, 0.3) is 0 Å². The summed E-state index contributed by atoms with van der Waals surface area (Å²) in [5.41, 5.74) is 0. The standard InChI is InChI=1S/C68H121NO8/c1-6-8-10-12-14-16-18-20-22-24-26-27-28-29-30-31-32-33-34-35-36-37-38-39-41-43-45-47-49-51-53-55-57-59-66(71)77-64(63-76-68(67(72)73)74-61-60-69(3,4)5)62-75-65(70)58-56-54-52-50-48-46-44-42-40-25-23-21-19-17-15-13-11-9-7-2/h8,10,14,16,20,22,26-27,29-30,32-33,64,68H,6-7,9,11-13,15,17-19,21,23-25,28,31,34-63H2,1-5H3/p+1/b10-8-,16-14-,22-20-,27-26-,30-29-,33-32-. The van der Waals surface area contributed by atoms with Crippen molar-refractivity contribution < 1.29 is 42.9 Å². The Bertz CT molecular complexity index is 1490. The fraction of sp³-hybridized carbons (Fsp3) is 0.779. The van der Waals surface area contributed by atoms with Gasteiger partial charge in [0.25, 0.3) is 6.29 Å². The molecule has 9 nitrogen and oxygen atoms in total. The minimum atomic E-state index is -1.51. The Balaban J connectivity index is 4.13. The maximum Gasteiger partial charge on any atom is 0.361 e. The SMILES string of the molecule is CC/C=C\C/C=C\C/C=C\C/C=C\C/C=C\C/C=C\CCCCCCCCCCCCCCCCC(=O)OC(COC(=O)CCCCCCCCCCCCCCCCCCCCC)COC(OCC[N+](C)(C)C)C(=O)O. The van der Waals surface area contributed by atoms with Crippen LogP contribution >= 0.6 is 0 Å². The van der Waals surface area contributed by atoms with Gasteiger partial charge in [-0.05, 0) is 64.2 Å². The highest BCUT2D eigenvalue weighted by atomic mass is 16.7. The Kier molecular flexibility index (Phi) is 56.4. The Hall–Kier alpha value is -3.27. The van der Waals surface area contributed by atoms with Gasteiger partial charge in [-0.3, -0.25) is 9.59 Å². The first-order valence-electron chi connectivity index (χ1n) is 32.1. The van der Waals surface area contributed by atoms with Crippen molar-refractivity contribution in [3.05, 3.63) is 72.9 Å². The third-order valence-electron chi connectivity index (χ3n) is 14.0. The summed E-state index contributed by atoms with van der Waals surface area (Å²) in [6.07, 6.45) is 74.2. The zero-order valence-corrected chi connectivity index (χ0v) is 50.9. The van der Waals surface area contributed by atoms with Gasteiger partial charge in [0.15, 0.2) is 6.10 Å². The van der Waals surface area contributed by atoms with Crippen molar-refractivity contribution in [2.75, 3.05) is 47.5 Å². The van der Waals surface area contributed by atoms with Gasteiger partial charge in [0, 0.05) is 12.8 Å². The van der Waals surface area contributed by atoms with Crippen LogP contribution in [0.5, 0.6) is 0 Å². The lowest BCUT2D eigenvalue weighted by Crippen LogP contribution is -2.40. The molecule has 0 saturated heterocycles. The van der Waals surface area contributed by atoms with Crippen molar-refractivity contribution in [2.45, 2.75) is 296 Å². The molecule has 0 rings (SSSR count). The first-order chi connectivity index (χ1) is 37.6. The number of allylic oxidation sites excluding steroid dienone is 12. The molecule has 2 unspecified atom stereocenters. The summed E-state index contributed by atoms with van der Waals surface area (Å²) >= 11 is 0. The molecule has 0 saturated carbocycles. The Morgan fingerprint density at radius 1 is 0.403 bits per heavy atom. The quantitative estimate of drug-likeness (QED) is 0.0211. The lowest BCUT2D eigenvalue weighted by molar-refractivity contribution is -0.870. The van der Waals surface area contributed by atoms with Crippen LogP contribution in [-0.4, -0.2) is 87.4 Å². The van der Waals surface area contributed by atoms with E-state index < -0.39 is 24.3 Å². The molecular weight excluding hydrogens is 959 g/mol. The van der Waals surface area contributed by atoms with E-state index in [1.54, 1.807) is 0 Å². The topological polar surface area (TPSA) is 108 Å². The van der Waals surface area contributed by atoms with E-state index in [9.17, 15) is 19.5 Å². The largest absolute Gasteiger partial charge is 0.477 e. The molecule has 0 fully saturated rings. The normalized spacial score (nSPS) is 13.2. The Morgan fingerprint density at radius 3 is 1.10 bits per heavy atom. The monoisotopic (exact) mass is 1080 g/mol. The van der Waals surface area contributed by atoms with Crippen molar-refractivity contribution in [1.29, 1.82) is 0 Å². The number of likely N-dealkylation sites (N-methyl/N-ethyl adjacent to an activating group) is 1. The molecule has 0 aromatic heterocycles. The van der Waals surface area contributed by atoms with Gasteiger partial charge in [0.2, 0.25) is 0 Å². The molecule has 0 radical (unpaired) electrons. The lowest BCUT2D eigenvalue weighted by atomic mass is 10.0. The second-order valence-electron chi connectivity index (χ2n) is 22.7. The van der Waals surface area contributed by atoms with E-state index in [0.29, 0.717) is 17.4 Å². The summed E-state index contributed by atoms with van der Waals surface area (Å²) in [4.78, 5) is 37.5. The Morgan fingerprint density at radius 2 is 0.740 bits per heavy atom. The van der Waals surface area contributed by atoms with Crippen LogP contribution in [0.2, 0.25) is 0 Å². The number of quaternary nitrogens is 1. The van der Waals surface area contributed by atoms with E-state index >= 15 is 0 Å². The molecule has 0 aliphatic rings. The van der Waals surface area contributed by atoms with Crippen LogP contribution in [0.4, 0.5) is 0 Å². The fourth-order valence-electron chi connectivity index (χ4n) is 9.08. The van der Waals surface area contributed by atoms with Gasteiger partial charge in [-0.15, -0.1) is 0 Å². The minimum absolute atomic E-state index is 0.180. The van der Waals surface area contributed by atoms with Crippen LogP contribution in [0.3, 0.4) is 0 Å². The molecule has 0 spiro atoms. The lowest BCUT2D eigenvalue weighted by Gasteiger charge is -2.25. The van der Waals surface area contributed by atoms with Crippen LogP contribution in [0, 0.1) is 0 Å². The van der Waals surface area contributed by atoms with Gasteiger partial charge in [-0.2, -0.15) is 0 Å². The highest BCUT2D eigenvalue weighted by Crippen LogP contribution is 2.17. The van der Waals surface area contributed by atoms with E-state index in [1.165, 1.54) is 180 Å². The van der Waals surface area contributed by atoms with Crippen LogP contribution in [0.1, 0.15) is 284 Å². The zero-order chi connectivity index (χ0) is 56.2. The molecule has 0 aliphatic carbocycles. The second-order valence-corrected chi connectivity index (χ2v) is 22.7. The number of nitrogens with zero attached hydrogens (tertiary/aromatic N) is 1. The number of carbonyl (C=O) groups is 3. The van der Waals surface area contributed by atoms with Gasteiger partial charge in [-0.25, -0.2) is 4.79 Å². The van der Waals surface area contributed by atoms with Gasteiger partial charge < -0.3 is 28.5 Å². The fourth-order valence-corrected chi connectivity index (χ4v) is 9.08. The number of carbonyl (C=O) groups excluding carboxylic acids is 2. The summed E-state index contributed by atoms with van der Waals surface area (Å²) < 4.78 is 22.9. The van der Waals surface area contributed by atoms with Crippen molar-refractivity contribution in [1.82, 2.24) is 0 Å². The number of carboxylic acid groups (broad SMARTS) is 1. The summed E-state index contributed by atoms with van der Waals surface area (Å²) in [5.74, 6) is -1.99. The third kappa shape index (κ3) is 60.2. The predicted molar refractivity (Wildman–Crippen MR) is 327 cm³/mol. The van der Waals surface area contributed by atoms with E-state index in [2.05, 4.69) is 86.8 Å². The van der Waals surface area contributed by atoms with Gasteiger partial charge in [-0.1, -0.05) is 279 Å². The Labute approximate surface area is 475 Å². The van der Waals surface area contributed by atoms with E-state index in [0.717, 1.165) is 77.0 Å². The van der Waals surface area contributed by atoms with E-state index in [-0.39, 0.29) is 32.2 Å². The van der Waals surface area contributed by atoms with Crippen molar-refractivity contribution >= 4 is 17.9 Å². The molecule has 0 aromatic carbocycles. The maximum absolute atomic E-state index is 12.9. The molecule has 77 heavy (non-hydrogen) atoms. The van der Waals surface area contributed by atoms with Crippen molar-refractivity contribution in [3.63, 3.8) is 0 Å². The van der Waals surface area contributed by atoms with E-state index in [1.807, 2.05) is 21.1 Å². The summed E-state index contributed by atoms with van der Waals surface area (Å²) in [7, 11) is 5.98. The van der Waals surface area contributed by atoms with Crippen molar-refractivity contribution in [3.8, 4) is 0 Å². The summed E-state index contributed by atoms with van der Waals surface area (Å²) in [5, 5.41) is 9.72. The molecule has 9 heteroatoms. The molecular formula is C68H122NO8+. The average Bonchev–Trinajstić information content (AvgIpc) is 3.40. The summed E-state index contributed by atoms with van der Waals surface area (Å²) in [6, 6.07) is 0.